The van der Waals surface area contributed by atoms with Crippen molar-refractivity contribution >= 4 is 17.8 Å². The van der Waals surface area contributed by atoms with Gasteiger partial charge in [0, 0.05) is 18.4 Å². The Morgan fingerprint density at radius 1 is 1.12 bits per heavy atom. The van der Waals surface area contributed by atoms with Gasteiger partial charge in [-0.15, -0.1) is 0 Å². The molecule has 1 saturated carbocycles. The predicted molar refractivity (Wildman–Crippen MR) is 88.5 cm³/mol. The second-order valence-corrected chi connectivity index (χ2v) is 6.68. The fourth-order valence-electron chi connectivity index (χ4n) is 3.56. The molecule has 136 valence electrons. The standard InChI is InChI=1S/C18H29NO5/c1-3-5-10-23-17(21)15-12-13-14(8-7-9-16(13)20)19(15)18(22)24-11-6-4-2/h13-15H,3-12H2,1-2H3. The minimum atomic E-state index is -0.687. The van der Waals surface area contributed by atoms with Crippen LogP contribution in [0.4, 0.5) is 4.79 Å². The summed E-state index contributed by atoms with van der Waals surface area (Å²) >= 11 is 0. The number of ketones is 1. The number of amides is 1. The van der Waals surface area contributed by atoms with Crippen LogP contribution in [-0.4, -0.2) is 48.0 Å². The molecule has 6 nitrogen and oxygen atoms in total. The van der Waals surface area contributed by atoms with Gasteiger partial charge >= 0.3 is 12.1 Å². The van der Waals surface area contributed by atoms with Gasteiger partial charge in [0.15, 0.2) is 0 Å². The first-order chi connectivity index (χ1) is 11.6. The van der Waals surface area contributed by atoms with Crippen molar-refractivity contribution in [3.8, 4) is 0 Å². The van der Waals surface area contributed by atoms with Gasteiger partial charge in [0.25, 0.3) is 0 Å². The third-order valence-electron chi connectivity index (χ3n) is 4.92. The van der Waals surface area contributed by atoms with Gasteiger partial charge in [0.05, 0.1) is 13.2 Å². The van der Waals surface area contributed by atoms with E-state index in [2.05, 4.69) is 0 Å². The van der Waals surface area contributed by atoms with Crippen LogP contribution < -0.4 is 0 Å². The van der Waals surface area contributed by atoms with E-state index < -0.39 is 18.1 Å². The maximum Gasteiger partial charge on any atom is 0.410 e. The summed E-state index contributed by atoms with van der Waals surface area (Å²) in [5.41, 5.74) is 0. The van der Waals surface area contributed by atoms with Crippen molar-refractivity contribution in [2.75, 3.05) is 13.2 Å². The molecule has 2 aliphatic rings. The molecule has 1 heterocycles. The summed E-state index contributed by atoms with van der Waals surface area (Å²) in [6, 6.07) is -0.905. The molecular formula is C18H29NO5. The number of unbranched alkanes of at least 4 members (excludes halogenated alkanes) is 2. The van der Waals surface area contributed by atoms with Crippen molar-refractivity contribution in [2.24, 2.45) is 5.92 Å². The van der Waals surface area contributed by atoms with Crippen LogP contribution in [0.5, 0.6) is 0 Å². The molecule has 0 N–H and O–H groups in total. The first-order valence-electron chi connectivity index (χ1n) is 9.24. The number of fused-ring (bicyclic) bond motifs is 1. The van der Waals surface area contributed by atoms with E-state index in [4.69, 9.17) is 9.47 Å². The van der Waals surface area contributed by atoms with Crippen molar-refractivity contribution < 1.29 is 23.9 Å². The highest BCUT2D eigenvalue weighted by Gasteiger charge is 2.51. The van der Waals surface area contributed by atoms with Gasteiger partial charge in [-0.25, -0.2) is 9.59 Å². The third-order valence-corrected chi connectivity index (χ3v) is 4.92. The molecule has 1 amide bonds. The number of hydrogen-bond donors (Lipinski definition) is 0. The molecule has 0 bridgehead atoms. The topological polar surface area (TPSA) is 72.9 Å². The Morgan fingerprint density at radius 2 is 1.79 bits per heavy atom. The number of carbonyl (C=O) groups is 3. The molecule has 1 saturated heterocycles. The molecule has 3 atom stereocenters. The Balaban J connectivity index is 2.08. The van der Waals surface area contributed by atoms with Crippen LogP contribution in [0.3, 0.4) is 0 Å². The maximum atomic E-state index is 12.5. The van der Waals surface area contributed by atoms with E-state index in [-0.39, 0.29) is 17.7 Å². The molecule has 0 aromatic carbocycles. The summed E-state index contributed by atoms with van der Waals surface area (Å²) < 4.78 is 10.6. The first-order valence-corrected chi connectivity index (χ1v) is 9.24. The lowest BCUT2D eigenvalue weighted by atomic mass is 9.83. The molecule has 2 fully saturated rings. The zero-order valence-electron chi connectivity index (χ0n) is 14.8. The van der Waals surface area contributed by atoms with Crippen molar-refractivity contribution in [3.63, 3.8) is 0 Å². The highest BCUT2D eigenvalue weighted by atomic mass is 16.6. The molecule has 2 rings (SSSR count). The summed E-state index contributed by atoms with van der Waals surface area (Å²) in [5.74, 6) is -0.499. The molecular weight excluding hydrogens is 310 g/mol. The van der Waals surface area contributed by atoms with Gasteiger partial charge < -0.3 is 9.47 Å². The van der Waals surface area contributed by atoms with Gasteiger partial charge in [-0.2, -0.15) is 0 Å². The van der Waals surface area contributed by atoms with E-state index in [1.807, 2.05) is 13.8 Å². The lowest BCUT2D eigenvalue weighted by Gasteiger charge is -2.31. The summed E-state index contributed by atoms with van der Waals surface area (Å²) in [7, 11) is 0. The lowest BCUT2D eigenvalue weighted by Crippen LogP contribution is -2.48. The molecule has 0 spiro atoms. The molecule has 24 heavy (non-hydrogen) atoms. The van der Waals surface area contributed by atoms with Crippen molar-refractivity contribution in [1.82, 2.24) is 4.90 Å². The SMILES string of the molecule is CCCCOC(=O)C1CC2C(=O)CCCC2N1C(=O)OCCCC. The van der Waals surface area contributed by atoms with E-state index >= 15 is 0 Å². The van der Waals surface area contributed by atoms with Crippen LogP contribution in [0.25, 0.3) is 0 Å². The lowest BCUT2D eigenvalue weighted by molar-refractivity contribution is -0.149. The molecule has 0 radical (unpaired) electrons. The summed E-state index contributed by atoms with van der Waals surface area (Å²) in [6.45, 7) is 4.74. The van der Waals surface area contributed by atoms with Gasteiger partial charge in [0.2, 0.25) is 0 Å². The van der Waals surface area contributed by atoms with E-state index in [1.165, 1.54) is 4.90 Å². The molecule has 1 aliphatic carbocycles. The Kier molecular flexibility index (Phi) is 7.06. The van der Waals surface area contributed by atoms with E-state index in [9.17, 15) is 14.4 Å². The van der Waals surface area contributed by atoms with Crippen molar-refractivity contribution in [1.29, 1.82) is 0 Å². The zero-order valence-corrected chi connectivity index (χ0v) is 14.8. The van der Waals surface area contributed by atoms with Crippen LogP contribution in [-0.2, 0) is 19.1 Å². The third kappa shape index (κ3) is 4.28. The van der Waals surface area contributed by atoms with Gasteiger partial charge in [-0.1, -0.05) is 26.7 Å². The van der Waals surface area contributed by atoms with Crippen LogP contribution >= 0.6 is 0 Å². The smallest absolute Gasteiger partial charge is 0.410 e. The highest BCUT2D eigenvalue weighted by Crippen LogP contribution is 2.38. The average molecular weight is 339 g/mol. The number of Topliss-reactive ketones (excluding diaryl/α,β-unsaturated/α-hetero) is 1. The number of likely N-dealkylation sites (tertiary alicyclic amines) is 1. The van der Waals surface area contributed by atoms with Crippen LogP contribution in [0, 0.1) is 5.92 Å². The minimum absolute atomic E-state index is 0.154. The average Bonchev–Trinajstić information content (AvgIpc) is 2.96. The maximum absolute atomic E-state index is 12.5. The van der Waals surface area contributed by atoms with Crippen LogP contribution in [0.15, 0.2) is 0 Å². The number of rotatable bonds is 7. The van der Waals surface area contributed by atoms with Gasteiger partial charge in [-0.3, -0.25) is 9.69 Å². The minimum Gasteiger partial charge on any atom is -0.464 e. The second kappa shape index (κ2) is 9.04. The Bertz CT molecular complexity index is 464. The predicted octanol–water partition coefficient (Wildman–Crippen LogP) is 3.08. The zero-order chi connectivity index (χ0) is 17.5. The fraction of sp³-hybridized carbons (Fsp3) is 0.833. The van der Waals surface area contributed by atoms with Gasteiger partial charge in [-0.05, 0) is 32.1 Å². The molecule has 3 unspecified atom stereocenters. The quantitative estimate of drug-likeness (QED) is 0.526. The van der Waals surface area contributed by atoms with Crippen LogP contribution in [0.1, 0.15) is 65.2 Å². The van der Waals surface area contributed by atoms with Crippen LogP contribution in [0.2, 0.25) is 0 Å². The Morgan fingerprint density at radius 3 is 2.46 bits per heavy atom. The molecule has 0 aromatic heterocycles. The molecule has 1 aliphatic heterocycles. The Labute approximate surface area is 143 Å². The van der Waals surface area contributed by atoms with E-state index in [0.29, 0.717) is 26.1 Å². The number of hydrogen-bond acceptors (Lipinski definition) is 5. The van der Waals surface area contributed by atoms with E-state index in [1.54, 1.807) is 0 Å². The normalized spacial score (nSPS) is 26.2. The largest absolute Gasteiger partial charge is 0.464 e. The summed E-state index contributed by atoms with van der Waals surface area (Å²) in [5, 5.41) is 0. The number of esters is 1. The monoisotopic (exact) mass is 339 g/mol. The first kappa shape index (κ1) is 18.7. The summed E-state index contributed by atoms with van der Waals surface area (Å²) in [4.78, 5) is 38.6. The Hall–Kier alpha value is -1.59. The second-order valence-electron chi connectivity index (χ2n) is 6.68. The fourth-order valence-corrected chi connectivity index (χ4v) is 3.56. The van der Waals surface area contributed by atoms with Crippen molar-refractivity contribution in [3.05, 3.63) is 0 Å². The van der Waals surface area contributed by atoms with Crippen molar-refractivity contribution in [2.45, 2.75) is 77.3 Å². The van der Waals surface area contributed by atoms with Gasteiger partial charge in [0.1, 0.15) is 11.8 Å². The molecule has 0 aromatic rings. The molecule has 6 heteroatoms. The number of carbonyl (C=O) groups excluding carboxylic acids is 3. The highest BCUT2D eigenvalue weighted by molar-refractivity contribution is 5.88. The number of ether oxygens (including phenoxy) is 2. The number of nitrogens with zero attached hydrogens (tertiary/aromatic N) is 1. The van der Waals surface area contributed by atoms with E-state index in [0.717, 1.165) is 38.5 Å². The summed E-state index contributed by atoms with van der Waals surface area (Å²) in [6.07, 6.45) is 5.39.